The van der Waals surface area contributed by atoms with Gasteiger partial charge in [-0.25, -0.2) is 0 Å². The lowest BCUT2D eigenvalue weighted by Crippen LogP contribution is -2.23. The Kier molecular flexibility index (Phi) is 3.70. The van der Waals surface area contributed by atoms with Crippen LogP contribution in [0.2, 0.25) is 0 Å². The molecule has 0 aromatic heterocycles. The smallest absolute Gasteiger partial charge is 0.118 e. The zero-order valence-electron chi connectivity index (χ0n) is 10.2. The average Bonchev–Trinajstić information content (AvgIpc) is 2.17. The van der Waals surface area contributed by atoms with Crippen LogP contribution in [0.25, 0.3) is 0 Å². The summed E-state index contributed by atoms with van der Waals surface area (Å²) >= 11 is 0. The van der Waals surface area contributed by atoms with Gasteiger partial charge < -0.3 is 15.3 Å². The fourth-order valence-corrected chi connectivity index (χ4v) is 1.43. The van der Waals surface area contributed by atoms with E-state index in [0.717, 1.165) is 11.1 Å². The van der Waals surface area contributed by atoms with E-state index in [9.17, 15) is 5.11 Å². The molecule has 0 saturated heterocycles. The number of hydrogen-bond donors (Lipinski definition) is 2. The van der Waals surface area contributed by atoms with E-state index in [-0.39, 0.29) is 17.5 Å². The quantitative estimate of drug-likeness (QED) is 0.770. The van der Waals surface area contributed by atoms with E-state index in [1.54, 1.807) is 12.1 Å². The van der Waals surface area contributed by atoms with Gasteiger partial charge in [-0.2, -0.15) is 0 Å². The number of ether oxygens (including phenoxy) is 1. The molecular formula is C13H19NO2. The minimum atomic E-state index is -0.362. The largest absolute Gasteiger partial charge is 0.508 e. The molecule has 0 aliphatic carbocycles. The van der Waals surface area contributed by atoms with Gasteiger partial charge in [0.2, 0.25) is 0 Å². The van der Waals surface area contributed by atoms with Crippen LogP contribution in [0.4, 0.5) is 0 Å². The summed E-state index contributed by atoms with van der Waals surface area (Å²) in [6, 6.07) is 5.26. The number of hydrogen-bond acceptors (Lipinski definition) is 3. The lowest BCUT2D eigenvalue weighted by Gasteiger charge is -2.25. The van der Waals surface area contributed by atoms with Crippen LogP contribution in [-0.4, -0.2) is 16.9 Å². The maximum absolute atomic E-state index is 9.43. The van der Waals surface area contributed by atoms with Gasteiger partial charge in [-0.15, -0.1) is 0 Å². The van der Waals surface area contributed by atoms with Crippen molar-refractivity contribution >= 4 is 6.21 Å². The summed E-state index contributed by atoms with van der Waals surface area (Å²) in [6.45, 7) is 7.70. The Labute approximate surface area is 96.6 Å². The molecule has 88 valence electrons. The van der Waals surface area contributed by atoms with E-state index >= 15 is 0 Å². The highest BCUT2D eigenvalue weighted by Gasteiger charge is 2.18. The van der Waals surface area contributed by atoms with Crippen molar-refractivity contribution < 1.29 is 9.84 Å². The Morgan fingerprint density at radius 3 is 2.44 bits per heavy atom. The summed E-state index contributed by atoms with van der Waals surface area (Å²) < 4.78 is 5.74. The Hall–Kier alpha value is -1.35. The Morgan fingerprint density at radius 2 is 2.00 bits per heavy atom. The van der Waals surface area contributed by atoms with Crippen molar-refractivity contribution in [3.8, 4) is 5.75 Å². The Morgan fingerprint density at radius 1 is 1.38 bits per heavy atom. The number of rotatable bonds is 3. The number of phenols is 1. The minimum absolute atomic E-state index is 0.267. The van der Waals surface area contributed by atoms with Crippen molar-refractivity contribution in [2.24, 2.45) is 0 Å². The van der Waals surface area contributed by atoms with E-state index in [1.807, 2.05) is 33.8 Å². The Balaban J connectivity index is 2.96. The second-order valence-electron chi connectivity index (χ2n) is 4.86. The molecule has 0 aliphatic rings. The van der Waals surface area contributed by atoms with Crippen molar-refractivity contribution in [3.05, 3.63) is 29.3 Å². The molecular weight excluding hydrogens is 202 g/mol. The molecule has 1 unspecified atom stereocenters. The summed E-state index contributed by atoms with van der Waals surface area (Å²) in [6.07, 6.45) is 0.913. The van der Waals surface area contributed by atoms with Crippen molar-refractivity contribution in [2.45, 2.75) is 39.4 Å². The summed E-state index contributed by atoms with van der Waals surface area (Å²) in [5, 5.41) is 16.8. The van der Waals surface area contributed by atoms with Gasteiger partial charge in [0.25, 0.3) is 0 Å². The first kappa shape index (κ1) is 12.7. The summed E-state index contributed by atoms with van der Waals surface area (Å²) in [4.78, 5) is 0. The molecule has 1 aromatic carbocycles. The third-order valence-electron chi connectivity index (χ3n) is 2.18. The summed E-state index contributed by atoms with van der Waals surface area (Å²) in [5.74, 6) is 0.267. The van der Waals surface area contributed by atoms with Crippen molar-refractivity contribution in [3.63, 3.8) is 0 Å². The molecule has 3 nitrogen and oxygen atoms in total. The molecule has 0 heterocycles. The molecule has 3 heteroatoms. The van der Waals surface area contributed by atoms with Gasteiger partial charge in [0.05, 0.1) is 5.60 Å². The van der Waals surface area contributed by atoms with E-state index in [4.69, 9.17) is 10.1 Å². The second-order valence-corrected chi connectivity index (χ2v) is 4.86. The first-order valence-corrected chi connectivity index (χ1v) is 5.31. The monoisotopic (exact) mass is 221 g/mol. The predicted octanol–water partition coefficient (Wildman–Crippen LogP) is 3.21. The van der Waals surface area contributed by atoms with Gasteiger partial charge in [-0.05, 0) is 51.0 Å². The molecule has 0 spiro atoms. The van der Waals surface area contributed by atoms with E-state index in [1.165, 1.54) is 6.21 Å². The maximum atomic E-state index is 9.43. The fraction of sp³-hybridized carbons (Fsp3) is 0.462. The summed E-state index contributed by atoms with van der Waals surface area (Å²) in [7, 11) is 0. The minimum Gasteiger partial charge on any atom is -0.508 e. The standard InChI is InChI=1S/C13H19NO2/c1-9-7-10(5-6-11(9)15)12(8-14)16-13(2,3)4/h5-8,12,14-15H,1-4H3. The van der Waals surface area contributed by atoms with Crippen LogP contribution < -0.4 is 0 Å². The SMILES string of the molecule is Cc1cc(C(C=N)OC(C)(C)C)ccc1O. The van der Waals surface area contributed by atoms with Gasteiger partial charge in [0.1, 0.15) is 11.9 Å². The van der Waals surface area contributed by atoms with Crippen LogP contribution in [-0.2, 0) is 4.74 Å². The van der Waals surface area contributed by atoms with Crippen LogP contribution in [0.3, 0.4) is 0 Å². The average molecular weight is 221 g/mol. The molecule has 0 bridgehead atoms. The number of nitrogens with one attached hydrogen (secondary N) is 1. The lowest BCUT2D eigenvalue weighted by atomic mass is 10.1. The molecule has 0 fully saturated rings. The van der Waals surface area contributed by atoms with Gasteiger partial charge >= 0.3 is 0 Å². The van der Waals surface area contributed by atoms with Gasteiger partial charge in [0, 0.05) is 6.21 Å². The number of aryl methyl sites for hydroxylation is 1. The second kappa shape index (κ2) is 4.66. The highest BCUT2D eigenvalue weighted by molar-refractivity contribution is 5.63. The molecule has 2 N–H and O–H groups in total. The molecule has 0 saturated carbocycles. The van der Waals surface area contributed by atoms with Gasteiger partial charge in [0.15, 0.2) is 0 Å². The first-order valence-electron chi connectivity index (χ1n) is 5.31. The first-order chi connectivity index (χ1) is 7.33. The molecule has 0 radical (unpaired) electrons. The third kappa shape index (κ3) is 3.35. The van der Waals surface area contributed by atoms with Crippen LogP contribution in [0, 0.1) is 12.3 Å². The number of aromatic hydroxyl groups is 1. The predicted molar refractivity (Wildman–Crippen MR) is 65.2 cm³/mol. The van der Waals surface area contributed by atoms with Crippen LogP contribution in [0.15, 0.2) is 18.2 Å². The van der Waals surface area contributed by atoms with Gasteiger partial charge in [-0.3, -0.25) is 0 Å². The Bertz CT molecular complexity index is 380. The molecule has 16 heavy (non-hydrogen) atoms. The molecule has 1 atom stereocenters. The highest BCUT2D eigenvalue weighted by atomic mass is 16.5. The lowest BCUT2D eigenvalue weighted by molar-refractivity contribution is -0.0287. The topological polar surface area (TPSA) is 53.3 Å². The highest BCUT2D eigenvalue weighted by Crippen LogP contribution is 2.26. The zero-order valence-corrected chi connectivity index (χ0v) is 10.2. The summed E-state index contributed by atoms with van der Waals surface area (Å²) in [5.41, 5.74) is 1.38. The van der Waals surface area contributed by atoms with E-state index < -0.39 is 0 Å². The number of phenolic OH excluding ortho intramolecular Hbond substituents is 1. The number of benzene rings is 1. The van der Waals surface area contributed by atoms with E-state index in [2.05, 4.69) is 0 Å². The molecule has 1 aromatic rings. The molecule has 0 amide bonds. The van der Waals surface area contributed by atoms with Crippen LogP contribution >= 0.6 is 0 Å². The normalized spacial score (nSPS) is 13.5. The molecule has 0 aliphatic heterocycles. The van der Waals surface area contributed by atoms with Crippen LogP contribution in [0.5, 0.6) is 5.75 Å². The van der Waals surface area contributed by atoms with Crippen molar-refractivity contribution in [1.82, 2.24) is 0 Å². The van der Waals surface area contributed by atoms with Crippen molar-refractivity contribution in [2.75, 3.05) is 0 Å². The zero-order chi connectivity index (χ0) is 12.3. The van der Waals surface area contributed by atoms with E-state index in [0.29, 0.717) is 0 Å². The molecule has 1 rings (SSSR count). The maximum Gasteiger partial charge on any atom is 0.118 e. The third-order valence-corrected chi connectivity index (χ3v) is 2.18. The fourth-order valence-electron chi connectivity index (χ4n) is 1.43. The van der Waals surface area contributed by atoms with Crippen LogP contribution in [0.1, 0.15) is 38.0 Å². The van der Waals surface area contributed by atoms with Gasteiger partial charge in [-0.1, -0.05) is 6.07 Å². The van der Waals surface area contributed by atoms with Crippen molar-refractivity contribution in [1.29, 1.82) is 5.41 Å².